The average molecular weight is 1770 g/mol. The maximum atomic E-state index is 11.4. The first kappa shape index (κ1) is 95.2. The normalized spacial score (nSPS) is 17.6. The second kappa shape index (κ2) is 49.5. The summed E-state index contributed by atoms with van der Waals surface area (Å²) < 4.78 is 109. The van der Waals surface area contributed by atoms with Crippen molar-refractivity contribution in [2.45, 2.75) is 88.0 Å². The summed E-state index contributed by atoms with van der Waals surface area (Å²) in [5, 5.41) is 0. The molecule has 0 radical (unpaired) electrons. The zero-order valence-corrected chi connectivity index (χ0v) is 73.1. The predicted molar refractivity (Wildman–Crippen MR) is 483 cm³/mol. The summed E-state index contributed by atoms with van der Waals surface area (Å²) in [6.45, 7) is 0.533. The van der Waals surface area contributed by atoms with Crippen LogP contribution in [-0.4, -0.2) is 126 Å². The van der Waals surface area contributed by atoms with Gasteiger partial charge in [-0.3, -0.25) is 0 Å². The van der Waals surface area contributed by atoms with Crippen LogP contribution in [0.15, 0.2) is 299 Å². The average Bonchev–Trinajstić information content (AvgIpc) is 1.62. The summed E-state index contributed by atoms with van der Waals surface area (Å²) in [7, 11) is 14.0. The van der Waals surface area contributed by atoms with Crippen molar-refractivity contribution in [2.24, 2.45) is 0 Å². The fourth-order valence-corrected chi connectivity index (χ4v) is 13.1. The minimum atomic E-state index is -0.441. The first-order valence-corrected chi connectivity index (χ1v) is 41.2. The molecule has 17 rings (SSSR count). The summed E-state index contributed by atoms with van der Waals surface area (Å²) in [6, 6.07) is 65.4. The molecule has 28 nitrogen and oxygen atoms in total. The lowest BCUT2D eigenvalue weighted by Gasteiger charge is -2.22. The third-order valence-electron chi connectivity index (χ3n) is 19.9. The summed E-state index contributed by atoms with van der Waals surface area (Å²) in [4.78, 5) is 79.1. The van der Waals surface area contributed by atoms with Crippen molar-refractivity contribution >= 4 is 60.3 Å². The molecule has 6 unspecified atom stereocenters. The largest absolute Gasteiger partial charge is 0.501 e. The lowest BCUT2D eigenvalue weighted by molar-refractivity contribution is -0.146. The van der Waals surface area contributed by atoms with Crippen LogP contribution in [0, 0.1) is 0 Å². The number of fused-ring (bicyclic) bond motifs is 2. The molecule has 10 heterocycles. The Morgan fingerprint density at radius 2 is 0.692 bits per heavy atom. The molecule has 0 bridgehead atoms. The van der Waals surface area contributed by atoms with Crippen molar-refractivity contribution in [3.05, 3.63) is 359 Å². The highest BCUT2D eigenvalue weighted by atomic mass is 16.7. The maximum Gasteiger partial charge on any atom is 0.339 e. The molecule has 676 valence electrons. The molecule has 7 aliphatic rings. The van der Waals surface area contributed by atoms with E-state index >= 15 is 0 Å². The Morgan fingerprint density at radius 1 is 0.308 bits per heavy atom. The third-order valence-corrected chi connectivity index (χ3v) is 19.9. The fraction of sp³-hybridized carbons (Fsp3) is 0.245. The van der Waals surface area contributed by atoms with Gasteiger partial charge >= 0.3 is 40.8 Å². The van der Waals surface area contributed by atoms with E-state index in [1.807, 2.05) is 200 Å². The number of hydrogen-bond donors (Lipinski definition) is 0. The molecule has 1 saturated heterocycles. The van der Waals surface area contributed by atoms with Crippen LogP contribution in [0.5, 0.6) is 51.7 Å². The molecule has 0 spiro atoms. The van der Waals surface area contributed by atoms with E-state index in [2.05, 4.69) is 12.1 Å². The minimum absolute atomic E-state index is 0.0670. The van der Waals surface area contributed by atoms with Crippen LogP contribution in [-0.2, 0) is 74.7 Å². The van der Waals surface area contributed by atoms with Gasteiger partial charge in [-0.05, 0) is 137 Å². The second-order valence-corrected chi connectivity index (χ2v) is 28.9. The van der Waals surface area contributed by atoms with Gasteiger partial charge < -0.3 is 98.5 Å². The summed E-state index contributed by atoms with van der Waals surface area (Å²) in [5.41, 5.74) is 6.17. The van der Waals surface area contributed by atoms with E-state index in [9.17, 15) is 33.6 Å². The maximum absolute atomic E-state index is 11.4. The molecule has 7 aromatic carbocycles. The predicted octanol–water partition coefficient (Wildman–Crippen LogP) is 17.6. The summed E-state index contributed by atoms with van der Waals surface area (Å²) >= 11 is 0. The van der Waals surface area contributed by atoms with Crippen molar-refractivity contribution in [1.29, 1.82) is 0 Å². The molecule has 7 aliphatic heterocycles. The van der Waals surface area contributed by atoms with Gasteiger partial charge in [0.05, 0.1) is 106 Å². The Balaban J connectivity index is 0.000000147. The van der Waals surface area contributed by atoms with Gasteiger partial charge in [0, 0.05) is 43.9 Å². The van der Waals surface area contributed by atoms with Gasteiger partial charge in [0.2, 0.25) is 13.6 Å². The molecule has 0 aliphatic carbocycles. The summed E-state index contributed by atoms with van der Waals surface area (Å²) in [6.07, 6.45) is 24.9. The van der Waals surface area contributed by atoms with Crippen LogP contribution < -0.4 is 59.5 Å². The molecular weight excluding hydrogens is 1670 g/mol. The Morgan fingerprint density at radius 3 is 1.17 bits per heavy atom. The SMILES string of the molecule is COC1=CC(=O)OC(/C=C/c2ccc3c(c2)OCO3)C1.COC1=CC(=O)OC(/C=C/c2ccccc2)C1.COC1=CC(=O)OC(CCc2ccc3c(c2)OCO3)C1.COC1=CC(=O)OC(CCc2ccccc2)C1.COc1cc(/C=C/c2ccccc2)oc(=O)c1.COc1ccc(/C=C/c2cc(OC)cc(=O)o2)cc1.COc1ccc(C2OC2c2cc(OC)cc(=O)o2)cc1. The van der Waals surface area contributed by atoms with Gasteiger partial charge in [-0.15, -0.1) is 0 Å². The molecule has 0 saturated carbocycles. The van der Waals surface area contributed by atoms with Crippen LogP contribution in [0.3, 0.4) is 0 Å². The fourth-order valence-electron chi connectivity index (χ4n) is 13.1. The first-order valence-electron chi connectivity index (χ1n) is 41.2. The minimum Gasteiger partial charge on any atom is -0.501 e. The number of rotatable bonds is 25. The first-order chi connectivity index (χ1) is 63.2. The number of carbonyl (C=O) groups excluding carboxylic acids is 4. The van der Waals surface area contributed by atoms with Crippen molar-refractivity contribution in [3.63, 3.8) is 0 Å². The van der Waals surface area contributed by atoms with E-state index in [1.54, 1.807) is 73.0 Å². The van der Waals surface area contributed by atoms with E-state index in [0.717, 1.165) is 93.6 Å². The van der Waals surface area contributed by atoms with Crippen molar-refractivity contribution in [2.75, 3.05) is 77.6 Å². The third kappa shape index (κ3) is 31.0. The second-order valence-electron chi connectivity index (χ2n) is 28.9. The van der Waals surface area contributed by atoms with E-state index in [0.29, 0.717) is 83.2 Å². The molecule has 0 amide bonds. The van der Waals surface area contributed by atoms with Crippen molar-refractivity contribution in [3.8, 4) is 51.7 Å². The van der Waals surface area contributed by atoms with E-state index in [-0.39, 0.29) is 74.1 Å². The van der Waals surface area contributed by atoms with Gasteiger partial charge in [0.15, 0.2) is 23.0 Å². The van der Waals surface area contributed by atoms with Gasteiger partial charge in [0.1, 0.15) is 106 Å². The molecule has 10 aromatic rings. The quantitative estimate of drug-likeness (QED) is 0.0291. The molecule has 6 atom stereocenters. The van der Waals surface area contributed by atoms with E-state index in [1.165, 1.54) is 69.4 Å². The monoisotopic (exact) mass is 1770 g/mol. The Bertz CT molecular complexity index is 5840. The number of benzene rings is 7. The van der Waals surface area contributed by atoms with Gasteiger partial charge in [-0.1, -0.05) is 152 Å². The highest BCUT2D eigenvalue weighted by molar-refractivity contribution is 5.85. The Kier molecular flexibility index (Phi) is 36.2. The zero-order valence-electron chi connectivity index (χ0n) is 73.1. The highest BCUT2D eigenvalue weighted by Gasteiger charge is 2.44. The number of carbonyl (C=O) groups is 4. The smallest absolute Gasteiger partial charge is 0.339 e. The van der Waals surface area contributed by atoms with E-state index in [4.69, 9.17) is 98.5 Å². The molecule has 130 heavy (non-hydrogen) atoms. The summed E-state index contributed by atoms with van der Waals surface area (Å²) in [5.74, 6) is 8.77. The van der Waals surface area contributed by atoms with Crippen LogP contribution in [0.4, 0.5) is 0 Å². The molecular formula is C102H100O28. The lowest BCUT2D eigenvalue weighted by atomic mass is 10.0. The van der Waals surface area contributed by atoms with Gasteiger partial charge in [-0.2, -0.15) is 0 Å². The van der Waals surface area contributed by atoms with Gasteiger partial charge in [0.25, 0.3) is 0 Å². The number of ether oxygens (including phenoxy) is 18. The van der Waals surface area contributed by atoms with Crippen LogP contribution >= 0.6 is 0 Å². The standard InChI is InChI=1S/C15H14O5.C15H16O5.C15H14O5.C15H14O4.C14H16O3.C14H14O3.C14H12O3/c1-17-10-5-3-9(4-6-10)14-15(20-14)12-7-11(18-2)8-13(16)19-12;2*1-17-12-7-11(20-15(16)8-12)4-2-10-3-5-13-14(6-10)19-9-18-13;1-17-12-6-3-11(4-7-12)5-8-13-9-14(18-2)10-15(16)19-13;3*1-16-13-9-12(17-14(15)10-13)8-7-11-5-3-2-4-6-11/h3-8,14-15H,1-2H3;3,5-6,8,11H,2,4,7,9H2,1H3;2-6,8,11H,7,9H2,1H3;3-10H,1-2H3;2-6,10,12H,7-9H2,1H3;2-8,10,12H,9H2,1H3;2-10H,1H3/b;;4-2+;8-5+;;2*8-7+. The molecule has 1 fully saturated rings. The lowest BCUT2D eigenvalue weighted by Crippen LogP contribution is -2.23. The van der Waals surface area contributed by atoms with Crippen LogP contribution in [0.2, 0.25) is 0 Å². The van der Waals surface area contributed by atoms with Gasteiger partial charge in [-0.25, -0.2) is 33.6 Å². The molecule has 0 N–H and O–H groups in total. The number of cyclic esters (lactones) is 4. The Hall–Kier alpha value is -15.5. The topological polar surface area (TPSA) is 328 Å². The Labute approximate surface area is 750 Å². The zero-order chi connectivity index (χ0) is 91.9. The van der Waals surface area contributed by atoms with Crippen LogP contribution in [0.1, 0.15) is 107 Å². The van der Waals surface area contributed by atoms with E-state index < -0.39 is 16.9 Å². The molecule has 28 heteroatoms. The van der Waals surface area contributed by atoms with Crippen LogP contribution in [0.25, 0.3) is 36.5 Å². The highest BCUT2D eigenvalue weighted by Crippen LogP contribution is 2.51. The number of esters is 4. The van der Waals surface area contributed by atoms with Crippen molar-refractivity contribution < 1.29 is 118 Å². The number of methoxy groups -OCH3 is 9. The van der Waals surface area contributed by atoms with Crippen molar-refractivity contribution in [1.82, 2.24) is 0 Å². The number of epoxide rings is 1. The molecule has 3 aromatic heterocycles. The number of aryl methyl sites for hydroxylation is 2. The number of hydrogen-bond acceptors (Lipinski definition) is 28.